The molecule has 106 valence electrons. The van der Waals surface area contributed by atoms with Crippen LogP contribution in [0, 0.1) is 0 Å². The highest BCUT2D eigenvalue weighted by Gasteiger charge is 2.14. The molecule has 0 aromatic carbocycles. The number of ether oxygens (including phenoxy) is 2. The minimum atomic E-state index is -1.04. The minimum absolute atomic E-state index is 0.131. The van der Waals surface area contributed by atoms with Crippen LogP contribution < -0.4 is 9.47 Å². The van der Waals surface area contributed by atoms with E-state index < -0.39 is 11.9 Å². The van der Waals surface area contributed by atoms with Gasteiger partial charge in [-0.15, -0.1) is 22.7 Å². The van der Waals surface area contributed by atoms with E-state index >= 15 is 0 Å². The van der Waals surface area contributed by atoms with Crippen LogP contribution in [-0.4, -0.2) is 35.4 Å². The summed E-state index contributed by atoms with van der Waals surface area (Å²) in [5, 5.41) is 21.0. The highest BCUT2D eigenvalue weighted by Crippen LogP contribution is 2.26. The number of carboxylic acid groups (broad SMARTS) is 2. The van der Waals surface area contributed by atoms with Crippen LogP contribution in [-0.2, 0) is 0 Å². The lowest BCUT2D eigenvalue weighted by molar-refractivity contribution is 0.0683. The molecule has 20 heavy (non-hydrogen) atoms. The molecule has 2 N–H and O–H groups in total. The van der Waals surface area contributed by atoms with Gasteiger partial charge in [-0.25, -0.2) is 9.59 Å². The van der Waals surface area contributed by atoms with Gasteiger partial charge in [-0.2, -0.15) is 0 Å². The first-order chi connectivity index (χ1) is 9.59. The van der Waals surface area contributed by atoms with Gasteiger partial charge in [0, 0.05) is 0 Å². The molecular formula is C12H10O6S2. The summed E-state index contributed by atoms with van der Waals surface area (Å²) in [7, 11) is 0. The maximum Gasteiger partial charge on any atom is 0.349 e. The van der Waals surface area contributed by atoms with Crippen LogP contribution in [0.4, 0.5) is 0 Å². The van der Waals surface area contributed by atoms with E-state index in [0.717, 1.165) is 22.7 Å². The molecule has 0 aliphatic rings. The largest absolute Gasteiger partial charge is 0.488 e. The molecule has 0 fully saturated rings. The third-order valence-electron chi connectivity index (χ3n) is 2.25. The fraction of sp³-hybridized carbons (Fsp3) is 0.167. The first-order valence-electron chi connectivity index (χ1n) is 5.46. The van der Waals surface area contributed by atoms with Gasteiger partial charge in [0.2, 0.25) is 0 Å². The van der Waals surface area contributed by atoms with Crippen molar-refractivity contribution in [2.75, 3.05) is 13.2 Å². The van der Waals surface area contributed by atoms with Crippen LogP contribution in [0.3, 0.4) is 0 Å². The van der Waals surface area contributed by atoms with Gasteiger partial charge in [-0.05, 0) is 22.9 Å². The van der Waals surface area contributed by atoms with Crippen LogP contribution in [0.1, 0.15) is 19.3 Å². The van der Waals surface area contributed by atoms with Gasteiger partial charge >= 0.3 is 11.9 Å². The van der Waals surface area contributed by atoms with E-state index in [4.69, 9.17) is 19.7 Å². The topological polar surface area (TPSA) is 93.1 Å². The predicted octanol–water partition coefficient (Wildman–Crippen LogP) is 2.66. The molecule has 0 aliphatic carbocycles. The fourth-order valence-electron chi connectivity index (χ4n) is 1.44. The predicted molar refractivity (Wildman–Crippen MR) is 73.5 cm³/mol. The second-order valence-corrected chi connectivity index (χ2v) is 5.37. The van der Waals surface area contributed by atoms with Gasteiger partial charge in [0.25, 0.3) is 0 Å². The van der Waals surface area contributed by atoms with Crippen LogP contribution in [0.15, 0.2) is 22.9 Å². The number of hydrogen-bond acceptors (Lipinski definition) is 6. The molecule has 0 amide bonds. The van der Waals surface area contributed by atoms with Crippen molar-refractivity contribution in [1.82, 2.24) is 0 Å². The van der Waals surface area contributed by atoms with Crippen molar-refractivity contribution in [3.8, 4) is 11.5 Å². The minimum Gasteiger partial charge on any atom is -0.488 e. The molecule has 2 aromatic heterocycles. The first kappa shape index (κ1) is 14.4. The molecule has 2 rings (SSSR count). The van der Waals surface area contributed by atoms with Gasteiger partial charge < -0.3 is 19.7 Å². The van der Waals surface area contributed by atoms with Crippen LogP contribution in [0.5, 0.6) is 11.5 Å². The van der Waals surface area contributed by atoms with E-state index in [9.17, 15) is 9.59 Å². The zero-order valence-corrected chi connectivity index (χ0v) is 11.7. The summed E-state index contributed by atoms with van der Waals surface area (Å²) in [6, 6.07) is 3.14. The van der Waals surface area contributed by atoms with E-state index in [-0.39, 0.29) is 34.5 Å². The maximum atomic E-state index is 10.9. The Bertz CT molecular complexity index is 561. The van der Waals surface area contributed by atoms with Crippen molar-refractivity contribution in [2.24, 2.45) is 0 Å². The van der Waals surface area contributed by atoms with Crippen molar-refractivity contribution in [3.63, 3.8) is 0 Å². The number of carbonyl (C=O) groups is 2. The van der Waals surface area contributed by atoms with Gasteiger partial charge in [0.1, 0.15) is 24.7 Å². The average Bonchev–Trinajstić information content (AvgIpc) is 3.03. The molecule has 0 radical (unpaired) electrons. The standard InChI is InChI=1S/C12H10O6S2/c13-11(14)9-7(1-5-19-9)17-3-4-18-8-2-6-20-10(8)12(15)16/h1-2,5-6H,3-4H2,(H,13,14)(H,15,16). The van der Waals surface area contributed by atoms with Gasteiger partial charge in [-0.3, -0.25) is 0 Å². The Balaban J connectivity index is 1.85. The second kappa shape index (κ2) is 6.40. The SMILES string of the molecule is O=C(O)c1sccc1OCCOc1ccsc1C(=O)O. The molecule has 0 spiro atoms. The first-order valence-corrected chi connectivity index (χ1v) is 7.22. The number of rotatable bonds is 7. The Hall–Kier alpha value is -2.06. The summed E-state index contributed by atoms with van der Waals surface area (Å²) in [4.78, 5) is 22.0. The van der Waals surface area contributed by atoms with Crippen LogP contribution in [0.25, 0.3) is 0 Å². The number of hydrogen-bond donors (Lipinski definition) is 2. The van der Waals surface area contributed by atoms with Crippen LogP contribution in [0.2, 0.25) is 0 Å². The normalized spacial score (nSPS) is 10.2. The van der Waals surface area contributed by atoms with Crippen molar-refractivity contribution in [3.05, 3.63) is 32.6 Å². The van der Waals surface area contributed by atoms with Gasteiger partial charge in [0.15, 0.2) is 9.75 Å². The quantitative estimate of drug-likeness (QED) is 0.763. The van der Waals surface area contributed by atoms with Crippen LogP contribution >= 0.6 is 22.7 Å². The molecule has 8 heteroatoms. The van der Waals surface area contributed by atoms with Crippen molar-refractivity contribution >= 4 is 34.6 Å². The monoisotopic (exact) mass is 314 g/mol. The van der Waals surface area contributed by atoms with E-state index in [0.29, 0.717) is 0 Å². The van der Waals surface area contributed by atoms with Crippen molar-refractivity contribution < 1.29 is 29.3 Å². The Labute approximate surface area is 121 Å². The Morgan fingerprint density at radius 2 is 1.30 bits per heavy atom. The van der Waals surface area contributed by atoms with E-state index in [1.54, 1.807) is 22.9 Å². The Morgan fingerprint density at radius 3 is 1.65 bits per heavy atom. The summed E-state index contributed by atoms with van der Waals surface area (Å²) in [5.41, 5.74) is 0. The Kier molecular flexibility index (Phi) is 4.59. The lowest BCUT2D eigenvalue weighted by atomic mass is 10.4. The molecule has 0 saturated heterocycles. The van der Waals surface area contributed by atoms with Crippen molar-refractivity contribution in [1.29, 1.82) is 0 Å². The molecule has 6 nitrogen and oxygen atoms in total. The average molecular weight is 314 g/mol. The smallest absolute Gasteiger partial charge is 0.349 e. The number of aromatic carboxylic acids is 2. The van der Waals surface area contributed by atoms with Gasteiger partial charge in [0.05, 0.1) is 0 Å². The molecule has 0 saturated carbocycles. The molecule has 0 bridgehead atoms. The molecule has 2 heterocycles. The molecule has 0 atom stereocenters. The van der Waals surface area contributed by atoms with Gasteiger partial charge in [-0.1, -0.05) is 0 Å². The molecule has 0 unspecified atom stereocenters. The zero-order valence-electron chi connectivity index (χ0n) is 10.1. The second-order valence-electron chi connectivity index (χ2n) is 3.54. The molecule has 0 aliphatic heterocycles. The summed E-state index contributed by atoms with van der Waals surface area (Å²) < 4.78 is 10.6. The molecule has 2 aromatic rings. The third-order valence-corrected chi connectivity index (χ3v) is 4.01. The van der Waals surface area contributed by atoms with E-state index in [1.807, 2.05) is 0 Å². The lowest BCUT2D eigenvalue weighted by Gasteiger charge is -2.07. The third kappa shape index (κ3) is 3.28. The fourth-order valence-corrected chi connectivity index (χ4v) is 2.78. The summed E-state index contributed by atoms with van der Waals surface area (Å²) >= 11 is 2.16. The summed E-state index contributed by atoms with van der Waals surface area (Å²) in [6.45, 7) is 0.262. The van der Waals surface area contributed by atoms with E-state index in [1.165, 1.54) is 0 Å². The summed E-state index contributed by atoms with van der Waals surface area (Å²) in [5.74, 6) is -1.51. The number of carboxylic acids is 2. The highest BCUT2D eigenvalue weighted by atomic mass is 32.1. The molecular weight excluding hydrogens is 304 g/mol. The maximum absolute atomic E-state index is 10.9. The lowest BCUT2D eigenvalue weighted by Crippen LogP contribution is -2.11. The highest BCUT2D eigenvalue weighted by molar-refractivity contribution is 7.12. The summed E-state index contributed by atoms with van der Waals surface area (Å²) in [6.07, 6.45) is 0. The Morgan fingerprint density at radius 1 is 0.900 bits per heavy atom. The van der Waals surface area contributed by atoms with E-state index in [2.05, 4.69) is 0 Å². The zero-order chi connectivity index (χ0) is 14.5. The number of thiophene rings is 2. The van der Waals surface area contributed by atoms with Crippen molar-refractivity contribution in [2.45, 2.75) is 0 Å².